The number of hydrogen-bond acceptors (Lipinski definition) is 0. The third-order valence-electron chi connectivity index (χ3n) is 12.8. The van der Waals surface area contributed by atoms with Gasteiger partial charge in [0.1, 0.15) is 12.4 Å². The predicted octanol–water partition coefficient (Wildman–Crippen LogP) is 18.5. The lowest BCUT2D eigenvalue weighted by Crippen LogP contribution is -2.37. The van der Waals surface area contributed by atoms with Crippen molar-refractivity contribution in [1.29, 1.82) is 0 Å². The first-order valence-electron chi connectivity index (χ1n) is 26.4. The molecule has 0 amide bonds. The Balaban J connectivity index is 2.25. The average Bonchev–Trinajstić information content (AvgIpc) is 3.58. The lowest BCUT2D eigenvalue weighted by molar-refractivity contribution is -0.704. The van der Waals surface area contributed by atoms with E-state index in [0.717, 1.165) is 0 Å². The molecule has 0 saturated carbocycles. The van der Waals surface area contributed by atoms with E-state index in [2.05, 4.69) is 42.3 Å². The van der Waals surface area contributed by atoms with Gasteiger partial charge in [-0.1, -0.05) is 271 Å². The lowest BCUT2D eigenvalue weighted by atomic mass is 10.0. The minimum absolute atomic E-state index is 1.23. The average molecular weight is 770 g/mol. The largest absolute Gasteiger partial charge is 0.256 e. The van der Waals surface area contributed by atoms with Crippen LogP contribution in [0.5, 0.6) is 0 Å². The van der Waals surface area contributed by atoms with Crippen LogP contribution >= 0.6 is 0 Å². The van der Waals surface area contributed by atoms with E-state index < -0.39 is 0 Å². The van der Waals surface area contributed by atoms with Gasteiger partial charge in [0.2, 0.25) is 0 Å². The van der Waals surface area contributed by atoms with Crippen molar-refractivity contribution < 1.29 is 4.57 Å². The predicted molar refractivity (Wildman–Crippen MR) is 249 cm³/mol. The van der Waals surface area contributed by atoms with Gasteiger partial charge in [-0.15, -0.1) is 0 Å². The molecule has 55 heavy (non-hydrogen) atoms. The van der Waals surface area contributed by atoms with Crippen LogP contribution in [0, 0.1) is 0 Å². The monoisotopic (exact) mass is 770 g/mol. The Morgan fingerprint density at radius 3 is 0.873 bits per heavy atom. The van der Waals surface area contributed by atoms with E-state index in [1.807, 2.05) is 0 Å². The van der Waals surface area contributed by atoms with E-state index in [-0.39, 0.29) is 0 Å². The van der Waals surface area contributed by atoms with Gasteiger partial charge >= 0.3 is 0 Å². The molecular formula is C53H105N2+. The fourth-order valence-electron chi connectivity index (χ4n) is 8.98. The van der Waals surface area contributed by atoms with Crippen molar-refractivity contribution in [2.45, 2.75) is 323 Å². The van der Waals surface area contributed by atoms with Crippen molar-refractivity contribution in [2.24, 2.45) is 0 Å². The summed E-state index contributed by atoms with van der Waals surface area (Å²) in [5, 5.41) is 0. The third-order valence-corrected chi connectivity index (χ3v) is 12.8. The summed E-state index contributed by atoms with van der Waals surface area (Å²) in [6.45, 7) is 9.42. The first-order valence-corrected chi connectivity index (χ1v) is 26.4. The minimum Gasteiger partial charge on any atom is -0.234 e. The molecule has 0 saturated heterocycles. The number of aromatic nitrogens is 2. The van der Waals surface area contributed by atoms with Gasteiger partial charge in [0.25, 0.3) is 5.82 Å². The van der Waals surface area contributed by atoms with Crippen LogP contribution in [0.4, 0.5) is 0 Å². The molecule has 2 nitrogen and oxygen atoms in total. The molecule has 1 aromatic rings. The summed E-state index contributed by atoms with van der Waals surface area (Å²) in [7, 11) is 0. The van der Waals surface area contributed by atoms with Gasteiger partial charge in [0.15, 0.2) is 0 Å². The molecule has 0 radical (unpaired) electrons. The van der Waals surface area contributed by atoms with E-state index in [0.29, 0.717) is 0 Å². The Morgan fingerprint density at radius 1 is 0.309 bits per heavy atom. The molecule has 0 bridgehead atoms. The van der Waals surface area contributed by atoms with Gasteiger partial charge in [0, 0.05) is 6.42 Å². The van der Waals surface area contributed by atoms with Crippen molar-refractivity contribution in [3.05, 3.63) is 18.2 Å². The highest BCUT2D eigenvalue weighted by Gasteiger charge is 2.16. The molecule has 0 aromatic carbocycles. The number of aryl methyl sites for hydroxylation is 2. The minimum atomic E-state index is 1.23. The number of imidazole rings is 1. The Kier molecular flexibility index (Phi) is 42.1. The van der Waals surface area contributed by atoms with E-state index in [1.165, 1.54) is 302 Å². The van der Waals surface area contributed by atoms with Crippen molar-refractivity contribution >= 4 is 0 Å². The molecule has 0 aliphatic heterocycles. The SMILES string of the molecule is CCCCCCCCCCCCCCCCCCc1n(CCCCCCCCCCCCCCC)cc[n+]1CCCCCCCCCCCCCCCCC. The van der Waals surface area contributed by atoms with E-state index in [1.54, 1.807) is 5.82 Å². The summed E-state index contributed by atoms with van der Waals surface area (Å²) >= 11 is 0. The zero-order valence-corrected chi connectivity index (χ0v) is 38.8. The van der Waals surface area contributed by atoms with Crippen LogP contribution in [0.3, 0.4) is 0 Å². The van der Waals surface area contributed by atoms with Crippen LogP contribution in [-0.4, -0.2) is 4.57 Å². The van der Waals surface area contributed by atoms with Crippen LogP contribution in [0.15, 0.2) is 12.4 Å². The van der Waals surface area contributed by atoms with Gasteiger partial charge in [-0.05, 0) is 32.1 Å². The van der Waals surface area contributed by atoms with E-state index in [4.69, 9.17) is 0 Å². The number of rotatable bonds is 47. The molecule has 0 unspecified atom stereocenters. The summed E-state index contributed by atoms with van der Waals surface area (Å²) in [4.78, 5) is 0. The maximum Gasteiger partial charge on any atom is 0.256 e. The standard InChI is InChI=1S/C53H105N2/c1-4-7-10-13-16-19-22-25-27-28-30-33-36-39-42-45-48-53-54(49-46-43-40-37-34-31-24-21-18-15-12-9-6-3)51-52-55(53)50-47-44-41-38-35-32-29-26-23-20-17-14-11-8-5-2/h51-52H,4-50H2,1-3H3/q+1. The van der Waals surface area contributed by atoms with Gasteiger partial charge in [-0.25, -0.2) is 9.13 Å². The van der Waals surface area contributed by atoms with Gasteiger partial charge < -0.3 is 0 Å². The number of hydrogen-bond donors (Lipinski definition) is 0. The fraction of sp³-hybridized carbons (Fsp3) is 0.943. The third kappa shape index (κ3) is 36.1. The second-order valence-corrected chi connectivity index (χ2v) is 18.3. The first kappa shape index (κ1) is 52.2. The zero-order valence-electron chi connectivity index (χ0n) is 38.8. The Bertz CT molecular complexity index is 841. The second-order valence-electron chi connectivity index (χ2n) is 18.3. The topological polar surface area (TPSA) is 8.81 Å². The molecule has 0 atom stereocenters. The van der Waals surface area contributed by atoms with Crippen molar-refractivity contribution in [2.75, 3.05) is 0 Å². The van der Waals surface area contributed by atoms with Crippen molar-refractivity contribution in [3.63, 3.8) is 0 Å². The molecule has 326 valence electrons. The maximum absolute atomic E-state index is 2.66. The molecule has 0 fully saturated rings. The van der Waals surface area contributed by atoms with Crippen molar-refractivity contribution in [3.8, 4) is 0 Å². The van der Waals surface area contributed by atoms with Crippen LogP contribution in [0.25, 0.3) is 0 Å². The highest BCUT2D eigenvalue weighted by molar-refractivity contribution is 4.84. The van der Waals surface area contributed by atoms with Gasteiger partial charge in [0.05, 0.1) is 13.1 Å². The van der Waals surface area contributed by atoms with E-state index >= 15 is 0 Å². The van der Waals surface area contributed by atoms with Crippen LogP contribution in [0.1, 0.15) is 309 Å². The van der Waals surface area contributed by atoms with E-state index in [9.17, 15) is 0 Å². The normalized spacial score (nSPS) is 11.7. The highest BCUT2D eigenvalue weighted by atomic mass is 15.1. The second kappa shape index (κ2) is 44.3. The Labute approximate surface area is 349 Å². The summed E-state index contributed by atoms with van der Waals surface area (Å²) in [5.41, 5.74) is 0. The fourth-order valence-corrected chi connectivity index (χ4v) is 8.98. The molecule has 2 heteroatoms. The highest BCUT2D eigenvalue weighted by Crippen LogP contribution is 2.17. The summed E-state index contributed by atoms with van der Waals surface area (Å²) in [6, 6.07) is 0. The summed E-state index contributed by atoms with van der Waals surface area (Å²) in [5.74, 6) is 1.63. The zero-order chi connectivity index (χ0) is 39.4. The molecule has 1 heterocycles. The Morgan fingerprint density at radius 2 is 0.564 bits per heavy atom. The smallest absolute Gasteiger partial charge is 0.234 e. The molecular weight excluding hydrogens is 665 g/mol. The lowest BCUT2D eigenvalue weighted by Gasteiger charge is -2.07. The number of unbranched alkanes of at least 4 members (excludes halogenated alkanes) is 41. The summed E-state index contributed by atoms with van der Waals surface area (Å²) < 4.78 is 5.32. The molecule has 1 rings (SSSR count). The number of nitrogens with zero attached hydrogens (tertiary/aromatic N) is 2. The van der Waals surface area contributed by atoms with Crippen LogP contribution < -0.4 is 4.57 Å². The first-order chi connectivity index (χ1) is 27.3. The Hall–Kier alpha value is -0.790. The molecule has 1 aromatic heterocycles. The summed E-state index contributed by atoms with van der Waals surface area (Å²) in [6.07, 6.45) is 69.8. The quantitative estimate of drug-likeness (QED) is 0.0461. The maximum atomic E-state index is 2.66. The van der Waals surface area contributed by atoms with Gasteiger partial charge in [-0.3, -0.25) is 0 Å². The van der Waals surface area contributed by atoms with Gasteiger partial charge in [-0.2, -0.15) is 0 Å². The molecule has 0 aliphatic carbocycles. The van der Waals surface area contributed by atoms with Crippen molar-refractivity contribution in [1.82, 2.24) is 4.57 Å². The molecule has 0 N–H and O–H groups in total. The van der Waals surface area contributed by atoms with Crippen LogP contribution in [0.2, 0.25) is 0 Å². The molecule has 0 aliphatic rings. The molecule has 0 spiro atoms. The van der Waals surface area contributed by atoms with Crippen LogP contribution in [-0.2, 0) is 19.5 Å².